The Hall–Kier alpha value is -5.16. The van der Waals surface area contributed by atoms with Crippen molar-refractivity contribution in [1.29, 1.82) is 0 Å². The summed E-state index contributed by atoms with van der Waals surface area (Å²) in [5, 5.41) is 2.29. The molecule has 0 N–H and O–H groups in total. The molecule has 0 spiro atoms. The third-order valence-corrected chi connectivity index (χ3v) is 13.9. The van der Waals surface area contributed by atoms with Crippen LogP contribution in [0.15, 0.2) is 93.8 Å². The average molecular weight is 851 g/mol. The first kappa shape index (κ1) is 44.1. The number of hydrogen-bond acceptors (Lipinski definition) is 4. The predicted molar refractivity (Wildman–Crippen MR) is 277 cm³/mol. The van der Waals surface area contributed by atoms with Crippen molar-refractivity contribution in [3.05, 3.63) is 124 Å². The molecule has 7 aromatic rings. The number of nitrogens with zero attached hydrogens (tertiary/aromatic N) is 2. The minimum atomic E-state index is -0.303. The minimum absolute atomic E-state index is 0.0181. The Morgan fingerprint density at radius 3 is 1.02 bits per heavy atom. The van der Waals surface area contributed by atoms with Crippen molar-refractivity contribution >= 4 is 79.6 Å². The highest BCUT2D eigenvalue weighted by Gasteiger charge is 2.51. The summed E-state index contributed by atoms with van der Waals surface area (Å²) >= 11 is 0. The first-order chi connectivity index (χ1) is 29.4. The Morgan fingerprint density at radius 1 is 0.391 bits per heavy atom. The van der Waals surface area contributed by atoms with Crippen LogP contribution in [0.3, 0.4) is 0 Å². The number of furan rings is 2. The Labute approximate surface area is 384 Å². The van der Waals surface area contributed by atoms with Gasteiger partial charge in [0.05, 0.1) is 11.4 Å². The predicted octanol–water partition coefficient (Wildman–Crippen LogP) is 15.4. The van der Waals surface area contributed by atoms with Gasteiger partial charge in [0.25, 0.3) is 0 Å². The lowest BCUT2D eigenvalue weighted by Gasteiger charge is -2.41. The summed E-state index contributed by atoms with van der Waals surface area (Å²) in [5.74, 6) is 0. The molecule has 0 amide bonds. The van der Waals surface area contributed by atoms with E-state index in [-0.39, 0.29) is 39.2 Å². The molecule has 5 aromatic carbocycles. The zero-order chi connectivity index (χ0) is 46.6. The van der Waals surface area contributed by atoms with E-state index < -0.39 is 0 Å². The molecule has 0 atom stereocenters. The van der Waals surface area contributed by atoms with Gasteiger partial charge in [0, 0.05) is 44.6 Å². The van der Waals surface area contributed by atoms with Gasteiger partial charge in [0.2, 0.25) is 0 Å². The lowest BCUT2D eigenvalue weighted by molar-refractivity contribution is 0.555. The molecule has 0 fully saturated rings. The number of hydrogen-bond donors (Lipinski definition) is 0. The lowest BCUT2D eigenvalue weighted by atomic mass is 9.37. The fourth-order valence-electron chi connectivity index (χ4n) is 10.0. The Bertz CT molecular complexity index is 2790. The van der Waals surface area contributed by atoms with Crippen molar-refractivity contribution < 1.29 is 8.83 Å². The van der Waals surface area contributed by atoms with Gasteiger partial charge in [-0.3, -0.25) is 0 Å². The second kappa shape index (κ2) is 13.9. The number of benzene rings is 5. The van der Waals surface area contributed by atoms with Crippen molar-refractivity contribution in [1.82, 2.24) is 0 Å². The molecule has 64 heavy (non-hydrogen) atoms. The smallest absolute Gasteiger partial charge is 0.342 e. The summed E-state index contributed by atoms with van der Waals surface area (Å²) in [7, 11) is 0. The molecule has 2 aliphatic heterocycles. The highest BCUT2D eigenvalue weighted by atomic mass is 16.3. The maximum absolute atomic E-state index is 7.63. The van der Waals surface area contributed by atoms with Crippen LogP contribution in [-0.2, 0) is 32.5 Å². The fourth-order valence-corrected chi connectivity index (χ4v) is 10.0. The third kappa shape index (κ3) is 7.03. The number of rotatable bonds is 2. The van der Waals surface area contributed by atoms with Crippen LogP contribution in [0.25, 0.3) is 21.9 Å². The van der Waals surface area contributed by atoms with E-state index in [0.717, 1.165) is 67.4 Å². The molecule has 0 radical (unpaired) electrons. The lowest BCUT2D eigenvalue weighted by Crippen LogP contribution is -2.60. The maximum atomic E-state index is 7.63. The van der Waals surface area contributed by atoms with Crippen molar-refractivity contribution in [3.63, 3.8) is 0 Å². The molecule has 4 heterocycles. The van der Waals surface area contributed by atoms with Crippen molar-refractivity contribution in [3.8, 4) is 0 Å². The van der Waals surface area contributed by atoms with Gasteiger partial charge in [-0.1, -0.05) is 161 Å². The van der Waals surface area contributed by atoms with Crippen LogP contribution in [0, 0.1) is 6.92 Å². The first-order valence-corrected chi connectivity index (χ1v) is 23.6. The summed E-state index contributed by atoms with van der Waals surface area (Å²) in [6, 6.07) is 33.0. The standard InChI is InChI=1S/C59H71BN2O2/c1-34-28-45-47-46(29-34)62(40-26-22-36(23-27-40)55(5,6)7)49-42-31-38(57(11,12)13)33-44(59(17,18)19)51(42)64-53(49)60(47)52-48(61(45)39-24-20-35(21-25-39)54(2,3)4)41-30-37(56(8,9)10)32-43(50(41)63-52)58(14,15)16/h20-33H,1-19H3. The molecule has 0 saturated carbocycles. The monoisotopic (exact) mass is 851 g/mol. The van der Waals surface area contributed by atoms with E-state index in [1.165, 1.54) is 44.4 Å². The zero-order valence-corrected chi connectivity index (χ0v) is 42.4. The van der Waals surface area contributed by atoms with Crippen molar-refractivity contribution in [2.24, 2.45) is 0 Å². The van der Waals surface area contributed by atoms with Crippen LogP contribution in [-0.4, -0.2) is 6.71 Å². The van der Waals surface area contributed by atoms with E-state index in [1.807, 2.05) is 0 Å². The molecule has 0 aliphatic carbocycles. The van der Waals surface area contributed by atoms with E-state index >= 15 is 0 Å². The Morgan fingerprint density at radius 2 is 0.719 bits per heavy atom. The summed E-state index contributed by atoms with van der Waals surface area (Å²) in [6.45, 7) is 43.5. The number of aryl methyl sites for hydroxylation is 1. The molecule has 2 aromatic heterocycles. The second-order valence-corrected chi connectivity index (χ2v) is 25.3. The van der Waals surface area contributed by atoms with Gasteiger partial charge >= 0.3 is 6.71 Å². The maximum Gasteiger partial charge on any atom is 0.342 e. The molecule has 332 valence electrons. The second-order valence-electron chi connectivity index (χ2n) is 25.3. The van der Waals surface area contributed by atoms with Gasteiger partial charge in [-0.05, 0) is 121 Å². The van der Waals surface area contributed by atoms with Crippen LogP contribution in [0.4, 0.5) is 34.1 Å². The van der Waals surface area contributed by atoms with E-state index in [0.29, 0.717) is 0 Å². The van der Waals surface area contributed by atoms with Gasteiger partial charge in [-0.2, -0.15) is 0 Å². The van der Waals surface area contributed by atoms with Crippen LogP contribution < -0.4 is 26.6 Å². The van der Waals surface area contributed by atoms with Crippen molar-refractivity contribution in [2.45, 2.75) is 164 Å². The van der Waals surface area contributed by atoms with Crippen LogP contribution in [0.1, 0.15) is 164 Å². The largest absolute Gasteiger partial charge is 0.468 e. The minimum Gasteiger partial charge on any atom is -0.468 e. The summed E-state index contributed by atoms with van der Waals surface area (Å²) in [6.07, 6.45) is 0. The van der Waals surface area contributed by atoms with Crippen LogP contribution in [0.2, 0.25) is 0 Å². The molecular weight excluding hydrogens is 779 g/mol. The van der Waals surface area contributed by atoms with Gasteiger partial charge < -0.3 is 18.6 Å². The summed E-state index contributed by atoms with van der Waals surface area (Å²) < 4.78 is 15.3. The molecule has 0 saturated heterocycles. The van der Waals surface area contributed by atoms with Crippen LogP contribution >= 0.6 is 0 Å². The zero-order valence-electron chi connectivity index (χ0n) is 42.4. The molecule has 4 nitrogen and oxygen atoms in total. The van der Waals surface area contributed by atoms with Gasteiger partial charge in [-0.15, -0.1) is 0 Å². The van der Waals surface area contributed by atoms with E-state index in [1.54, 1.807) is 0 Å². The summed E-state index contributed by atoms with van der Waals surface area (Å²) in [5.41, 5.74) is 20.1. The Kier molecular flexibility index (Phi) is 9.59. The molecule has 9 rings (SSSR count). The van der Waals surface area contributed by atoms with Gasteiger partial charge in [-0.25, -0.2) is 0 Å². The third-order valence-electron chi connectivity index (χ3n) is 13.9. The molecule has 5 heteroatoms. The fraction of sp³-hybridized carbons (Fsp3) is 0.424. The van der Waals surface area contributed by atoms with E-state index in [9.17, 15) is 0 Å². The number of anilines is 6. The highest BCUT2D eigenvalue weighted by molar-refractivity contribution is 6.99. The van der Waals surface area contributed by atoms with E-state index in [4.69, 9.17) is 8.83 Å². The normalized spacial score (nSPS) is 14.7. The molecule has 2 aliphatic rings. The molecular formula is C59H71BN2O2. The number of fused-ring (bicyclic) bond motifs is 8. The van der Waals surface area contributed by atoms with Crippen LogP contribution in [0.5, 0.6) is 0 Å². The van der Waals surface area contributed by atoms with E-state index in [2.05, 4.69) is 226 Å². The molecule has 0 bridgehead atoms. The highest BCUT2D eigenvalue weighted by Crippen LogP contribution is 2.52. The Balaban J connectivity index is 1.48. The molecule has 0 unspecified atom stereocenters. The van der Waals surface area contributed by atoms with Gasteiger partial charge in [0.1, 0.15) is 22.5 Å². The summed E-state index contributed by atoms with van der Waals surface area (Å²) in [4.78, 5) is 5.03. The first-order valence-electron chi connectivity index (χ1n) is 23.6. The average Bonchev–Trinajstić information content (AvgIpc) is 3.74. The quantitative estimate of drug-likeness (QED) is 0.162. The SMILES string of the molecule is Cc1cc2c3c(c1)N(c1ccc(C(C)(C)C)cc1)c1c(oc4c(C(C)(C)C)cc(C(C)(C)C)cc14)B3c1oc3c(C(C)(C)C)cc(C(C)(C)C)cc3c1N2c1ccc(C(C)(C)C)cc1. The van der Waals surface area contributed by atoms with Crippen molar-refractivity contribution in [2.75, 3.05) is 9.80 Å². The van der Waals surface area contributed by atoms with Gasteiger partial charge in [0.15, 0.2) is 0 Å². The topological polar surface area (TPSA) is 32.8 Å².